The zero-order valence-electron chi connectivity index (χ0n) is 11.0. The summed E-state index contributed by atoms with van der Waals surface area (Å²) in [5.74, 6) is -0.293. The summed E-state index contributed by atoms with van der Waals surface area (Å²) in [5, 5.41) is 0.567. The molecule has 1 unspecified atom stereocenters. The van der Waals surface area contributed by atoms with Gasteiger partial charge in [-0.3, -0.25) is 9.78 Å². The quantitative estimate of drug-likeness (QED) is 0.794. The lowest BCUT2D eigenvalue weighted by molar-refractivity contribution is -0.143. The third-order valence-corrected chi connectivity index (χ3v) is 3.02. The molecule has 0 saturated heterocycles. The smallest absolute Gasteiger partial charge is 0.316 e. The Balaban J connectivity index is 2.14. The first-order chi connectivity index (χ1) is 9.70. The van der Waals surface area contributed by atoms with Crippen LogP contribution in [0.1, 0.15) is 11.5 Å². The number of carbonyl (C=O) groups excluding carboxylic acids is 1. The molecule has 20 heavy (non-hydrogen) atoms. The van der Waals surface area contributed by atoms with Crippen LogP contribution in [-0.2, 0) is 9.53 Å². The van der Waals surface area contributed by atoms with Gasteiger partial charge in [-0.2, -0.15) is 0 Å². The van der Waals surface area contributed by atoms with Crippen LogP contribution in [0.25, 0.3) is 0 Å². The highest BCUT2D eigenvalue weighted by molar-refractivity contribution is 6.30. The summed E-state index contributed by atoms with van der Waals surface area (Å²) in [4.78, 5) is 15.8. The zero-order chi connectivity index (χ0) is 14.4. The van der Waals surface area contributed by atoms with Gasteiger partial charge in [-0.25, -0.2) is 0 Å². The molecule has 1 aromatic heterocycles. The number of aromatic nitrogens is 1. The van der Waals surface area contributed by atoms with Crippen LogP contribution in [-0.4, -0.2) is 24.7 Å². The molecule has 2 rings (SSSR count). The van der Waals surface area contributed by atoms with E-state index in [0.717, 1.165) is 5.56 Å². The normalized spacial score (nSPS) is 11.7. The molecular formula is C15H14ClNO3. The minimum atomic E-state index is -0.529. The molecule has 0 N–H and O–H groups in total. The van der Waals surface area contributed by atoms with Crippen molar-refractivity contribution in [2.45, 2.75) is 5.92 Å². The maximum absolute atomic E-state index is 11.9. The largest absolute Gasteiger partial charge is 0.491 e. The lowest BCUT2D eigenvalue weighted by Crippen LogP contribution is -2.21. The van der Waals surface area contributed by atoms with Crippen molar-refractivity contribution in [3.8, 4) is 5.75 Å². The Labute approximate surface area is 122 Å². The van der Waals surface area contributed by atoms with Crippen molar-refractivity contribution >= 4 is 17.6 Å². The Morgan fingerprint density at radius 3 is 2.85 bits per heavy atom. The highest BCUT2D eigenvalue weighted by Crippen LogP contribution is 2.22. The fourth-order valence-corrected chi connectivity index (χ4v) is 1.98. The van der Waals surface area contributed by atoms with Gasteiger partial charge < -0.3 is 9.47 Å². The molecule has 0 aliphatic rings. The summed E-state index contributed by atoms with van der Waals surface area (Å²) in [7, 11) is 1.35. The van der Waals surface area contributed by atoms with Crippen LogP contribution in [0, 0.1) is 0 Å². The molecule has 1 atom stereocenters. The Morgan fingerprint density at radius 1 is 1.35 bits per heavy atom. The Hall–Kier alpha value is -2.07. The fourth-order valence-electron chi connectivity index (χ4n) is 1.78. The van der Waals surface area contributed by atoms with Gasteiger partial charge in [0.05, 0.1) is 13.3 Å². The molecule has 1 heterocycles. The number of halogens is 1. The van der Waals surface area contributed by atoms with Crippen LogP contribution < -0.4 is 4.74 Å². The molecule has 0 saturated carbocycles. The van der Waals surface area contributed by atoms with Gasteiger partial charge >= 0.3 is 5.97 Å². The molecule has 0 radical (unpaired) electrons. The molecule has 0 spiro atoms. The van der Waals surface area contributed by atoms with Crippen molar-refractivity contribution in [3.63, 3.8) is 0 Å². The van der Waals surface area contributed by atoms with Crippen LogP contribution in [0.4, 0.5) is 0 Å². The van der Waals surface area contributed by atoms with Crippen LogP contribution in [0.2, 0.25) is 5.02 Å². The first-order valence-electron chi connectivity index (χ1n) is 6.07. The predicted molar refractivity (Wildman–Crippen MR) is 75.9 cm³/mol. The molecular weight excluding hydrogens is 278 g/mol. The van der Waals surface area contributed by atoms with Gasteiger partial charge in [0.25, 0.3) is 0 Å². The maximum Gasteiger partial charge on any atom is 0.316 e. The molecule has 4 nitrogen and oxygen atoms in total. The van der Waals surface area contributed by atoms with E-state index in [1.165, 1.54) is 7.11 Å². The van der Waals surface area contributed by atoms with Gasteiger partial charge in [0, 0.05) is 11.2 Å². The fraction of sp³-hybridized carbons (Fsp3) is 0.200. The average molecular weight is 292 g/mol. The number of rotatable bonds is 5. The van der Waals surface area contributed by atoms with Crippen molar-refractivity contribution < 1.29 is 14.3 Å². The van der Waals surface area contributed by atoms with Crippen molar-refractivity contribution in [2.75, 3.05) is 13.7 Å². The minimum Gasteiger partial charge on any atom is -0.491 e. The molecule has 5 heteroatoms. The molecule has 0 amide bonds. The highest BCUT2D eigenvalue weighted by atomic mass is 35.5. The summed E-state index contributed by atoms with van der Waals surface area (Å²) in [6.45, 7) is 0.165. The van der Waals surface area contributed by atoms with E-state index in [2.05, 4.69) is 4.98 Å². The second-order valence-electron chi connectivity index (χ2n) is 4.13. The van der Waals surface area contributed by atoms with Crippen LogP contribution in [0.15, 0.2) is 48.8 Å². The van der Waals surface area contributed by atoms with Crippen molar-refractivity contribution in [3.05, 3.63) is 59.4 Å². The standard InChI is InChI=1S/C15H14ClNO3/c1-19-15(18)14(11-4-2-5-12(16)8-11)10-20-13-6-3-7-17-9-13/h2-9,14H,10H2,1H3. The molecule has 104 valence electrons. The SMILES string of the molecule is COC(=O)C(COc1cccnc1)c1cccc(Cl)c1. The summed E-state index contributed by atoms with van der Waals surface area (Å²) < 4.78 is 10.4. The number of pyridine rings is 1. The number of ether oxygens (including phenoxy) is 2. The molecule has 0 bridgehead atoms. The first kappa shape index (κ1) is 14.3. The number of hydrogen-bond donors (Lipinski definition) is 0. The van der Waals surface area contributed by atoms with Gasteiger partial charge in [-0.05, 0) is 29.8 Å². The monoisotopic (exact) mass is 291 g/mol. The minimum absolute atomic E-state index is 0.165. The van der Waals surface area contributed by atoms with E-state index < -0.39 is 5.92 Å². The van der Waals surface area contributed by atoms with E-state index >= 15 is 0 Å². The summed E-state index contributed by atoms with van der Waals surface area (Å²) in [6.07, 6.45) is 3.24. The summed E-state index contributed by atoms with van der Waals surface area (Å²) in [6, 6.07) is 10.6. The van der Waals surface area contributed by atoms with Crippen LogP contribution in [0.5, 0.6) is 5.75 Å². The average Bonchev–Trinajstić information content (AvgIpc) is 2.48. The van der Waals surface area contributed by atoms with Gasteiger partial charge in [0.15, 0.2) is 0 Å². The van der Waals surface area contributed by atoms with Gasteiger partial charge in [-0.1, -0.05) is 23.7 Å². The molecule has 2 aromatic rings. The lowest BCUT2D eigenvalue weighted by atomic mass is 10.0. The number of hydrogen-bond acceptors (Lipinski definition) is 4. The molecule has 1 aromatic carbocycles. The third kappa shape index (κ3) is 3.71. The van der Waals surface area contributed by atoms with Crippen molar-refractivity contribution in [2.24, 2.45) is 0 Å². The first-order valence-corrected chi connectivity index (χ1v) is 6.44. The van der Waals surface area contributed by atoms with E-state index in [1.54, 1.807) is 42.7 Å². The molecule has 0 fully saturated rings. The third-order valence-electron chi connectivity index (χ3n) is 2.79. The van der Waals surface area contributed by atoms with E-state index in [-0.39, 0.29) is 12.6 Å². The second kappa shape index (κ2) is 6.91. The zero-order valence-corrected chi connectivity index (χ0v) is 11.7. The molecule has 0 aliphatic heterocycles. The maximum atomic E-state index is 11.9. The molecule has 0 aliphatic carbocycles. The summed E-state index contributed by atoms with van der Waals surface area (Å²) >= 11 is 5.95. The van der Waals surface area contributed by atoms with Gasteiger partial charge in [0.1, 0.15) is 18.3 Å². The number of methoxy groups -OCH3 is 1. The lowest BCUT2D eigenvalue weighted by Gasteiger charge is -2.16. The van der Waals surface area contributed by atoms with Gasteiger partial charge in [-0.15, -0.1) is 0 Å². The van der Waals surface area contributed by atoms with E-state index in [9.17, 15) is 4.79 Å². The number of nitrogens with zero attached hydrogens (tertiary/aromatic N) is 1. The van der Waals surface area contributed by atoms with E-state index in [1.807, 2.05) is 6.07 Å². The van der Waals surface area contributed by atoms with E-state index in [4.69, 9.17) is 21.1 Å². The van der Waals surface area contributed by atoms with Crippen molar-refractivity contribution in [1.82, 2.24) is 4.98 Å². The second-order valence-corrected chi connectivity index (χ2v) is 4.57. The summed E-state index contributed by atoms with van der Waals surface area (Å²) in [5.41, 5.74) is 0.758. The van der Waals surface area contributed by atoms with Crippen LogP contribution >= 0.6 is 11.6 Å². The Kier molecular flexibility index (Phi) is 4.96. The Morgan fingerprint density at radius 2 is 2.20 bits per heavy atom. The number of benzene rings is 1. The van der Waals surface area contributed by atoms with Gasteiger partial charge in [0.2, 0.25) is 0 Å². The number of carbonyl (C=O) groups is 1. The number of esters is 1. The van der Waals surface area contributed by atoms with Crippen molar-refractivity contribution in [1.29, 1.82) is 0 Å². The predicted octanol–water partition coefficient (Wildman–Crippen LogP) is 3.07. The topological polar surface area (TPSA) is 48.4 Å². The van der Waals surface area contributed by atoms with E-state index in [0.29, 0.717) is 10.8 Å². The van der Waals surface area contributed by atoms with Crippen LogP contribution in [0.3, 0.4) is 0 Å². The highest BCUT2D eigenvalue weighted by Gasteiger charge is 2.22. The Bertz CT molecular complexity index is 574.